The summed E-state index contributed by atoms with van der Waals surface area (Å²) in [4.78, 5) is 14.3. The van der Waals surface area contributed by atoms with Crippen LogP contribution in [0.2, 0.25) is 0 Å². The van der Waals surface area contributed by atoms with E-state index in [0.29, 0.717) is 17.3 Å². The van der Waals surface area contributed by atoms with Gasteiger partial charge in [0.15, 0.2) is 5.69 Å². The summed E-state index contributed by atoms with van der Waals surface area (Å²) in [6, 6.07) is 7.82. The molecule has 0 bridgehead atoms. The normalized spacial score (nSPS) is 17.9. The first-order valence-corrected chi connectivity index (χ1v) is 7.43. The van der Waals surface area contributed by atoms with E-state index in [1.807, 2.05) is 11.9 Å². The van der Waals surface area contributed by atoms with E-state index in [9.17, 15) is 9.18 Å². The summed E-state index contributed by atoms with van der Waals surface area (Å²) in [5.41, 5.74) is 1.00. The van der Waals surface area contributed by atoms with E-state index in [1.165, 1.54) is 16.8 Å². The van der Waals surface area contributed by atoms with Gasteiger partial charge < -0.3 is 10.2 Å². The van der Waals surface area contributed by atoms with Gasteiger partial charge in [-0.2, -0.15) is 5.10 Å². The van der Waals surface area contributed by atoms with Crippen molar-refractivity contribution in [2.24, 2.45) is 5.92 Å². The van der Waals surface area contributed by atoms with Crippen LogP contribution in [0.4, 0.5) is 4.39 Å². The van der Waals surface area contributed by atoms with E-state index in [2.05, 4.69) is 10.4 Å². The van der Waals surface area contributed by atoms with Gasteiger partial charge in [0.1, 0.15) is 5.82 Å². The average Bonchev–Trinajstić information content (AvgIpc) is 3.16. The van der Waals surface area contributed by atoms with E-state index in [4.69, 9.17) is 0 Å². The molecular weight excluding hydrogens is 283 g/mol. The zero-order chi connectivity index (χ0) is 15.5. The van der Waals surface area contributed by atoms with E-state index in [1.54, 1.807) is 24.4 Å². The summed E-state index contributed by atoms with van der Waals surface area (Å²) in [5.74, 6) is 0.114. The number of nitrogens with zero attached hydrogens (tertiary/aromatic N) is 3. The highest BCUT2D eigenvalue weighted by Crippen LogP contribution is 2.18. The largest absolute Gasteiger partial charge is 0.337 e. The lowest BCUT2D eigenvalue weighted by molar-refractivity contribution is 0.0781. The Hall–Kier alpha value is -2.21. The Labute approximate surface area is 128 Å². The van der Waals surface area contributed by atoms with Crippen LogP contribution in [0.5, 0.6) is 0 Å². The Morgan fingerprint density at radius 1 is 1.45 bits per heavy atom. The highest BCUT2D eigenvalue weighted by molar-refractivity contribution is 5.92. The minimum Gasteiger partial charge on any atom is -0.337 e. The van der Waals surface area contributed by atoms with Crippen molar-refractivity contribution in [1.29, 1.82) is 0 Å². The third-order valence-electron chi connectivity index (χ3n) is 3.95. The number of hydrogen-bond donors (Lipinski definition) is 1. The molecule has 1 N–H and O–H groups in total. The fourth-order valence-electron chi connectivity index (χ4n) is 2.83. The number of carbonyl (C=O) groups excluding carboxylic acids is 1. The smallest absolute Gasteiger partial charge is 0.274 e. The summed E-state index contributed by atoms with van der Waals surface area (Å²) in [6.45, 7) is 2.44. The predicted molar refractivity (Wildman–Crippen MR) is 81.5 cm³/mol. The predicted octanol–water partition coefficient (Wildman–Crippen LogP) is 1.69. The zero-order valence-electron chi connectivity index (χ0n) is 12.5. The van der Waals surface area contributed by atoms with Crippen molar-refractivity contribution in [3.63, 3.8) is 0 Å². The number of hydrogen-bond acceptors (Lipinski definition) is 3. The van der Waals surface area contributed by atoms with Gasteiger partial charge in [0.2, 0.25) is 0 Å². The molecule has 1 fully saturated rings. The topological polar surface area (TPSA) is 50.2 Å². The molecule has 1 atom stereocenters. The first-order chi connectivity index (χ1) is 10.7. The van der Waals surface area contributed by atoms with Gasteiger partial charge in [-0.1, -0.05) is 6.07 Å². The first kappa shape index (κ1) is 14.7. The van der Waals surface area contributed by atoms with Crippen LogP contribution in [0.25, 0.3) is 5.69 Å². The molecule has 0 aliphatic carbocycles. The lowest BCUT2D eigenvalue weighted by Crippen LogP contribution is -2.30. The summed E-state index contributed by atoms with van der Waals surface area (Å²) in [7, 11) is 1.92. The molecule has 1 saturated heterocycles. The molecule has 116 valence electrons. The second-order valence-corrected chi connectivity index (χ2v) is 5.59. The molecular formula is C16H19FN4O. The highest BCUT2D eigenvalue weighted by atomic mass is 19.1. The molecule has 3 rings (SSSR count). The van der Waals surface area contributed by atoms with Gasteiger partial charge in [0, 0.05) is 19.3 Å². The van der Waals surface area contributed by atoms with Crippen molar-refractivity contribution < 1.29 is 9.18 Å². The Morgan fingerprint density at radius 3 is 3.09 bits per heavy atom. The number of rotatable bonds is 4. The molecule has 1 aliphatic heterocycles. The molecule has 22 heavy (non-hydrogen) atoms. The maximum atomic E-state index is 13.3. The number of nitrogens with one attached hydrogen (secondary N) is 1. The molecule has 0 unspecified atom stereocenters. The Morgan fingerprint density at radius 2 is 2.32 bits per heavy atom. The van der Waals surface area contributed by atoms with E-state index < -0.39 is 0 Å². The number of carbonyl (C=O) groups is 1. The molecule has 0 radical (unpaired) electrons. The van der Waals surface area contributed by atoms with Crippen molar-refractivity contribution >= 4 is 5.91 Å². The number of likely N-dealkylation sites (tertiary alicyclic amines) is 1. The summed E-state index contributed by atoms with van der Waals surface area (Å²) in [6.07, 6.45) is 2.69. The van der Waals surface area contributed by atoms with Gasteiger partial charge in [-0.15, -0.1) is 0 Å². The van der Waals surface area contributed by atoms with Gasteiger partial charge in [0.05, 0.1) is 5.69 Å². The second-order valence-electron chi connectivity index (χ2n) is 5.59. The van der Waals surface area contributed by atoms with Crippen LogP contribution < -0.4 is 5.32 Å². The summed E-state index contributed by atoms with van der Waals surface area (Å²) in [5, 5.41) is 7.43. The SMILES string of the molecule is CNC[C@@H]1CCN(C(=O)c2ccn(-c3cccc(F)c3)n2)C1. The van der Waals surface area contributed by atoms with Gasteiger partial charge >= 0.3 is 0 Å². The number of benzene rings is 1. The average molecular weight is 302 g/mol. The molecule has 1 aromatic carbocycles. The molecule has 5 nitrogen and oxygen atoms in total. The van der Waals surface area contributed by atoms with Crippen LogP contribution in [-0.2, 0) is 0 Å². The minimum absolute atomic E-state index is 0.0613. The molecule has 1 aliphatic rings. The van der Waals surface area contributed by atoms with Crippen molar-refractivity contribution in [3.8, 4) is 5.69 Å². The molecule has 1 aromatic heterocycles. The monoisotopic (exact) mass is 302 g/mol. The first-order valence-electron chi connectivity index (χ1n) is 7.43. The third-order valence-corrected chi connectivity index (χ3v) is 3.95. The maximum Gasteiger partial charge on any atom is 0.274 e. The third kappa shape index (κ3) is 3.01. The van der Waals surface area contributed by atoms with Crippen molar-refractivity contribution in [2.75, 3.05) is 26.7 Å². The van der Waals surface area contributed by atoms with Crippen molar-refractivity contribution in [3.05, 3.63) is 48.0 Å². The molecule has 0 spiro atoms. The van der Waals surface area contributed by atoms with Gasteiger partial charge in [-0.3, -0.25) is 4.79 Å². The molecule has 0 saturated carbocycles. The quantitative estimate of drug-likeness (QED) is 0.935. The van der Waals surface area contributed by atoms with Crippen molar-refractivity contribution in [2.45, 2.75) is 6.42 Å². The van der Waals surface area contributed by atoms with Crippen LogP contribution in [0.15, 0.2) is 36.5 Å². The van der Waals surface area contributed by atoms with E-state index >= 15 is 0 Å². The molecule has 6 heteroatoms. The van der Waals surface area contributed by atoms with Crippen LogP contribution >= 0.6 is 0 Å². The van der Waals surface area contributed by atoms with Crippen molar-refractivity contribution in [1.82, 2.24) is 20.0 Å². The van der Waals surface area contributed by atoms with Gasteiger partial charge in [0.25, 0.3) is 5.91 Å². The van der Waals surface area contributed by atoms with Gasteiger partial charge in [-0.25, -0.2) is 9.07 Å². The zero-order valence-corrected chi connectivity index (χ0v) is 12.5. The summed E-state index contributed by atoms with van der Waals surface area (Å²) < 4.78 is 14.8. The van der Waals surface area contributed by atoms with Gasteiger partial charge in [-0.05, 0) is 50.2 Å². The summed E-state index contributed by atoms with van der Waals surface area (Å²) >= 11 is 0. The van der Waals surface area contributed by atoms with Crippen LogP contribution in [0.1, 0.15) is 16.9 Å². The Kier molecular flexibility index (Phi) is 4.20. The Balaban J connectivity index is 1.72. The molecule has 1 amide bonds. The van der Waals surface area contributed by atoms with E-state index in [0.717, 1.165) is 26.1 Å². The minimum atomic E-state index is -0.324. The van der Waals surface area contributed by atoms with Crippen LogP contribution in [-0.4, -0.2) is 47.3 Å². The lowest BCUT2D eigenvalue weighted by Gasteiger charge is -2.15. The fourth-order valence-corrected chi connectivity index (χ4v) is 2.83. The second kappa shape index (κ2) is 6.27. The fraction of sp³-hybridized carbons (Fsp3) is 0.375. The lowest BCUT2D eigenvalue weighted by atomic mass is 10.1. The number of amides is 1. The maximum absolute atomic E-state index is 13.3. The van der Waals surface area contributed by atoms with Crippen LogP contribution in [0.3, 0.4) is 0 Å². The highest BCUT2D eigenvalue weighted by Gasteiger charge is 2.27. The molecule has 2 aromatic rings. The number of aromatic nitrogens is 2. The van der Waals surface area contributed by atoms with E-state index in [-0.39, 0.29) is 11.7 Å². The molecule has 2 heterocycles. The number of halogens is 1. The standard InChI is InChI=1S/C16H19FN4O/c1-18-10-12-5-7-20(11-12)16(22)15-6-8-21(19-15)14-4-2-3-13(17)9-14/h2-4,6,8-9,12,18H,5,7,10-11H2,1H3/t12-/m0/s1. The Bertz CT molecular complexity index is 670. The van der Waals surface area contributed by atoms with Crippen LogP contribution in [0, 0.1) is 11.7 Å².